The minimum atomic E-state index is -0.900. The number of carboxylic acids is 1. The Morgan fingerprint density at radius 2 is 1.64 bits per heavy atom. The van der Waals surface area contributed by atoms with Gasteiger partial charge in [-0.3, -0.25) is 4.79 Å². The molecule has 1 saturated heterocycles. The third-order valence-electron chi connectivity index (χ3n) is 9.13. The van der Waals surface area contributed by atoms with Gasteiger partial charge >= 0.3 is 5.97 Å². The zero-order chi connectivity index (χ0) is 25.9. The summed E-state index contributed by atoms with van der Waals surface area (Å²) in [7, 11) is 1.80. The van der Waals surface area contributed by atoms with Gasteiger partial charge in [-0.25, -0.2) is 4.79 Å². The maximum absolute atomic E-state index is 14.2. The van der Waals surface area contributed by atoms with E-state index in [1.165, 1.54) is 6.42 Å². The molecule has 2 aliphatic carbocycles. The van der Waals surface area contributed by atoms with Crippen LogP contribution in [0.4, 0.5) is 0 Å². The van der Waals surface area contributed by atoms with Gasteiger partial charge in [0.2, 0.25) is 5.91 Å². The maximum atomic E-state index is 14.2. The summed E-state index contributed by atoms with van der Waals surface area (Å²) < 4.78 is 6.08. The molecule has 4 rings (SSSR count). The molecule has 0 spiro atoms. The average molecular weight is 499 g/mol. The molecule has 0 aromatic heterocycles. The summed E-state index contributed by atoms with van der Waals surface area (Å²) in [5.41, 5.74) is 0.455. The van der Waals surface area contributed by atoms with Crippen LogP contribution >= 0.6 is 0 Å². The summed E-state index contributed by atoms with van der Waals surface area (Å²) >= 11 is 0. The molecule has 1 heterocycles. The van der Waals surface area contributed by atoms with Gasteiger partial charge in [0.1, 0.15) is 6.04 Å². The summed E-state index contributed by atoms with van der Waals surface area (Å²) in [5.74, 6) is -1.21. The third kappa shape index (κ3) is 5.50. The highest BCUT2D eigenvalue weighted by atomic mass is 16.5. The fraction of sp³-hybridized carbons (Fsp3) is 0.733. The second-order valence-corrected chi connectivity index (χ2v) is 12.5. The Morgan fingerprint density at radius 1 is 1.03 bits per heavy atom. The van der Waals surface area contributed by atoms with Crippen LogP contribution in [0.2, 0.25) is 0 Å². The Labute approximate surface area is 217 Å². The van der Waals surface area contributed by atoms with Crippen LogP contribution in [-0.2, 0) is 14.3 Å². The van der Waals surface area contributed by atoms with E-state index in [-0.39, 0.29) is 40.8 Å². The number of likely N-dealkylation sites (tertiary alicyclic amines) is 1. The van der Waals surface area contributed by atoms with Crippen molar-refractivity contribution in [3.05, 3.63) is 35.9 Å². The number of benzene rings is 1. The Bertz CT molecular complexity index is 884. The lowest BCUT2D eigenvalue weighted by atomic mass is 9.72. The number of carboxylic acid groups (broad SMARTS) is 1. The van der Waals surface area contributed by atoms with Crippen molar-refractivity contribution in [2.45, 2.75) is 109 Å². The molecule has 3 fully saturated rings. The molecule has 1 aromatic rings. The fourth-order valence-electron chi connectivity index (χ4n) is 7.24. The number of nitrogens with one attached hydrogen (secondary N) is 1. The minimum absolute atomic E-state index is 0.0219. The highest BCUT2D eigenvalue weighted by Crippen LogP contribution is 2.49. The topological polar surface area (TPSA) is 78.9 Å². The summed E-state index contributed by atoms with van der Waals surface area (Å²) in [4.78, 5) is 28.9. The van der Waals surface area contributed by atoms with Crippen molar-refractivity contribution in [1.29, 1.82) is 0 Å². The number of aliphatic carboxylic acids is 1. The van der Waals surface area contributed by atoms with Gasteiger partial charge in [-0.05, 0) is 36.7 Å². The van der Waals surface area contributed by atoms with Crippen molar-refractivity contribution in [1.82, 2.24) is 10.2 Å². The molecular formula is C30H46N2O4. The van der Waals surface area contributed by atoms with E-state index >= 15 is 0 Å². The van der Waals surface area contributed by atoms with Crippen molar-refractivity contribution in [2.24, 2.45) is 17.3 Å². The van der Waals surface area contributed by atoms with Crippen LogP contribution in [0.1, 0.15) is 96.6 Å². The van der Waals surface area contributed by atoms with Crippen molar-refractivity contribution in [3.63, 3.8) is 0 Å². The van der Waals surface area contributed by atoms with Crippen LogP contribution < -0.4 is 5.32 Å². The van der Waals surface area contributed by atoms with Crippen molar-refractivity contribution < 1.29 is 19.4 Å². The van der Waals surface area contributed by atoms with E-state index in [0.717, 1.165) is 63.4 Å². The fourth-order valence-corrected chi connectivity index (χ4v) is 7.24. The number of methoxy groups -OCH3 is 1. The molecule has 36 heavy (non-hydrogen) atoms. The minimum Gasteiger partial charge on any atom is -0.480 e. The largest absolute Gasteiger partial charge is 0.480 e. The van der Waals surface area contributed by atoms with Crippen LogP contribution in [0.25, 0.3) is 0 Å². The molecule has 0 radical (unpaired) electrons. The lowest BCUT2D eigenvalue weighted by Crippen LogP contribution is -2.52. The predicted molar refractivity (Wildman–Crippen MR) is 142 cm³/mol. The average Bonchev–Trinajstić information content (AvgIpc) is 3.25. The second-order valence-electron chi connectivity index (χ2n) is 12.5. The lowest BCUT2D eigenvalue weighted by Gasteiger charge is -2.40. The maximum Gasteiger partial charge on any atom is 0.326 e. The summed E-state index contributed by atoms with van der Waals surface area (Å²) in [6.45, 7) is 7.02. The molecule has 6 heteroatoms. The number of hydrogen-bond donors (Lipinski definition) is 2. The first kappa shape index (κ1) is 27.1. The van der Waals surface area contributed by atoms with Crippen LogP contribution in [0.5, 0.6) is 0 Å². The number of carbonyl (C=O) groups excluding carboxylic acids is 1. The zero-order valence-electron chi connectivity index (χ0n) is 22.7. The first-order valence-corrected chi connectivity index (χ1v) is 14.1. The molecular weight excluding hydrogens is 452 g/mol. The van der Waals surface area contributed by atoms with E-state index in [2.05, 4.69) is 38.2 Å². The molecule has 1 aromatic carbocycles. The number of amides is 1. The molecule has 0 unspecified atom stereocenters. The van der Waals surface area contributed by atoms with Crippen molar-refractivity contribution in [3.8, 4) is 0 Å². The van der Waals surface area contributed by atoms with Gasteiger partial charge in [-0.1, -0.05) is 89.6 Å². The molecule has 1 aliphatic heterocycles. The Hall–Kier alpha value is -1.92. The number of hydrogen-bond acceptors (Lipinski definition) is 4. The van der Waals surface area contributed by atoms with Gasteiger partial charge in [0, 0.05) is 31.5 Å². The van der Waals surface area contributed by atoms with Crippen molar-refractivity contribution >= 4 is 11.9 Å². The Balaban J connectivity index is 1.77. The highest BCUT2D eigenvalue weighted by Gasteiger charge is 2.58. The van der Waals surface area contributed by atoms with E-state index in [1.807, 2.05) is 18.2 Å². The number of nitrogens with zero attached hydrogens (tertiary/aromatic N) is 1. The number of ether oxygens (including phenoxy) is 1. The first-order chi connectivity index (χ1) is 17.2. The molecule has 4 atom stereocenters. The molecule has 2 saturated carbocycles. The van der Waals surface area contributed by atoms with Gasteiger partial charge in [-0.15, -0.1) is 0 Å². The molecule has 200 valence electrons. The normalized spacial score (nSPS) is 29.3. The number of carbonyl (C=O) groups is 2. The van der Waals surface area contributed by atoms with Crippen LogP contribution in [0, 0.1) is 17.3 Å². The van der Waals surface area contributed by atoms with Gasteiger partial charge < -0.3 is 20.1 Å². The summed E-state index contributed by atoms with van der Waals surface area (Å²) in [5, 5.41) is 14.5. The summed E-state index contributed by atoms with van der Waals surface area (Å²) in [6.07, 6.45) is 10.5. The molecule has 2 N–H and O–H groups in total. The lowest BCUT2D eigenvalue weighted by molar-refractivity contribution is -0.154. The highest BCUT2D eigenvalue weighted by molar-refractivity contribution is 5.87. The van der Waals surface area contributed by atoms with E-state index in [4.69, 9.17) is 4.74 Å². The Kier molecular flexibility index (Phi) is 8.45. The monoisotopic (exact) mass is 498 g/mol. The Morgan fingerprint density at radius 3 is 2.19 bits per heavy atom. The second kappa shape index (κ2) is 11.2. The summed E-state index contributed by atoms with van der Waals surface area (Å²) in [6, 6.07) is 8.69. The van der Waals surface area contributed by atoms with Gasteiger partial charge in [0.25, 0.3) is 0 Å². The molecule has 1 amide bonds. The number of rotatable bonds is 7. The van der Waals surface area contributed by atoms with Crippen molar-refractivity contribution in [2.75, 3.05) is 13.7 Å². The first-order valence-electron chi connectivity index (χ1n) is 14.1. The van der Waals surface area contributed by atoms with Gasteiger partial charge in [-0.2, -0.15) is 0 Å². The smallest absolute Gasteiger partial charge is 0.326 e. The van der Waals surface area contributed by atoms with E-state index < -0.39 is 12.0 Å². The molecule has 3 aliphatic rings. The van der Waals surface area contributed by atoms with Gasteiger partial charge in [0.05, 0.1) is 11.6 Å². The quantitative estimate of drug-likeness (QED) is 0.514. The third-order valence-corrected chi connectivity index (χ3v) is 9.13. The molecule has 0 bridgehead atoms. The van der Waals surface area contributed by atoms with Crippen LogP contribution in [0.3, 0.4) is 0 Å². The van der Waals surface area contributed by atoms with E-state index in [0.29, 0.717) is 6.54 Å². The van der Waals surface area contributed by atoms with Gasteiger partial charge in [0.15, 0.2) is 0 Å². The van der Waals surface area contributed by atoms with E-state index in [1.54, 1.807) is 12.0 Å². The van der Waals surface area contributed by atoms with Crippen LogP contribution in [0.15, 0.2) is 30.3 Å². The standard InChI is InChI=1S/C30H46N2O4/c1-29(2,3)23-24(31-20-30(36-4)18-12-7-13-19-30)25(21-14-8-5-9-15-21)32(26(23)28(34)35)27(33)22-16-10-6-11-17-22/h5,8-9,14-15,22-26,31H,6-7,10-13,16-20H2,1-4H3,(H,34,35)/t23-,24-,25-,26-/m0/s1. The zero-order valence-corrected chi connectivity index (χ0v) is 22.7. The van der Waals surface area contributed by atoms with Crippen LogP contribution in [-0.4, -0.2) is 53.2 Å². The predicted octanol–water partition coefficient (Wildman–Crippen LogP) is 5.57. The SMILES string of the molecule is COC1(CN[C@H]2[C@H](C(C)(C)C)[C@@H](C(=O)O)N(C(=O)C3CCCCC3)[C@H]2c2ccccc2)CCCCC1. The molecule has 6 nitrogen and oxygen atoms in total. The van der Waals surface area contributed by atoms with E-state index in [9.17, 15) is 14.7 Å².